The number of amides is 2. The SMILES string of the molecule is Cc1cc(C)n(C[C@@H](C)CNC(=O)C2CN(C(=O)C(C)C)C2)n1. The molecule has 1 aromatic heterocycles. The molecule has 0 saturated carbocycles. The van der Waals surface area contributed by atoms with Crippen molar-refractivity contribution < 1.29 is 9.59 Å². The lowest BCUT2D eigenvalue weighted by Crippen LogP contribution is -2.57. The second kappa shape index (κ2) is 7.15. The van der Waals surface area contributed by atoms with Crippen LogP contribution < -0.4 is 5.32 Å². The third kappa shape index (κ3) is 4.33. The molecule has 0 aromatic carbocycles. The Morgan fingerprint density at radius 2 is 1.96 bits per heavy atom. The van der Waals surface area contributed by atoms with E-state index in [0.29, 0.717) is 25.6 Å². The third-order valence-corrected chi connectivity index (χ3v) is 4.27. The quantitative estimate of drug-likeness (QED) is 0.861. The molecule has 0 bridgehead atoms. The maximum absolute atomic E-state index is 12.1. The summed E-state index contributed by atoms with van der Waals surface area (Å²) in [5, 5.41) is 7.45. The molecular formula is C17H28N4O2. The van der Waals surface area contributed by atoms with Gasteiger partial charge in [-0.25, -0.2) is 0 Å². The Bertz CT molecular complexity index is 573. The highest BCUT2D eigenvalue weighted by Gasteiger charge is 2.36. The first kappa shape index (κ1) is 17.5. The molecule has 1 fully saturated rings. The lowest BCUT2D eigenvalue weighted by atomic mass is 9.97. The number of hydrogen-bond acceptors (Lipinski definition) is 3. The lowest BCUT2D eigenvalue weighted by molar-refractivity contribution is -0.145. The minimum absolute atomic E-state index is 0.000185. The highest BCUT2D eigenvalue weighted by atomic mass is 16.2. The van der Waals surface area contributed by atoms with Gasteiger partial charge >= 0.3 is 0 Å². The molecule has 0 aliphatic carbocycles. The van der Waals surface area contributed by atoms with Crippen LogP contribution in [0.15, 0.2) is 6.07 Å². The molecule has 1 saturated heterocycles. The van der Waals surface area contributed by atoms with Gasteiger partial charge in [-0.15, -0.1) is 0 Å². The summed E-state index contributed by atoms with van der Waals surface area (Å²) in [4.78, 5) is 25.7. The van der Waals surface area contributed by atoms with Gasteiger partial charge in [-0.05, 0) is 25.8 Å². The van der Waals surface area contributed by atoms with E-state index in [1.54, 1.807) is 4.90 Å². The van der Waals surface area contributed by atoms with Crippen molar-refractivity contribution in [2.75, 3.05) is 19.6 Å². The minimum atomic E-state index is -0.0569. The zero-order chi connectivity index (χ0) is 17.1. The summed E-state index contributed by atoms with van der Waals surface area (Å²) in [5.74, 6) is 0.439. The Kier molecular flexibility index (Phi) is 5.44. The fourth-order valence-corrected chi connectivity index (χ4v) is 2.83. The largest absolute Gasteiger partial charge is 0.355 e. The summed E-state index contributed by atoms with van der Waals surface area (Å²) >= 11 is 0. The normalized spacial score (nSPS) is 16.3. The van der Waals surface area contributed by atoms with Crippen LogP contribution in [-0.4, -0.2) is 46.1 Å². The molecule has 0 spiro atoms. The topological polar surface area (TPSA) is 67.2 Å². The van der Waals surface area contributed by atoms with E-state index in [4.69, 9.17) is 0 Å². The zero-order valence-corrected chi connectivity index (χ0v) is 14.8. The van der Waals surface area contributed by atoms with Gasteiger partial charge in [-0.1, -0.05) is 20.8 Å². The van der Waals surface area contributed by atoms with E-state index < -0.39 is 0 Å². The van der Waals surface area contributed by atoms with Gasteiger partial charge in [0, 0.05) is 37.8 Å². The van der Waals surface area contributed by atoms with Crippen molar-refractivity contribution in [2.45, 2.75) is 41.2 Å². The molecule has 2 heterocycles. The molecule has 2 amide bonds. The van der Waals surface area contributed by atoms with Crippen molar-refractivity contribution >= 4 is 11.8 Å². The maximum atomic E-state index is 12.1. The van der Waals surface area contributed by atoms with E-state index in [1.165, 1.54) is 0 Å². The highest BCUT2D eigenvalue weighted by molar-refractivity contribution is 5.85. The summed E-state index contributed by atoms with van der Waals surface area (Å²) in [6.07, 6.45) is 0. The van der Waals surface area contributed by atoms with E-state index in [1.807, 2.05) is 32.4 Å². The van der Waals surface area contributed by atoms with Crippen molar-refractivity contribution in [1.29, 1.82) is 0 Å². The van der Waals surface area contributed by atoms with E-state index >= 15 is 0 Å². The summed E-state index contributed by atoms with van der Waals surface area (Å²) < 4.78 is 1.98. The van der Waals surface area contributed by atoms with E-state index in [-0.39, 0.29) is 23.7 Å². The number of carbonyl (C=O) groups excluding carboxylic acids is 2. The van der Waals surface area contributed by atoms with Gasteiger partial charge in [-0.2, -0.15) is 5.10 Å². The molecule has 2 rings (SSSR count). The van der Waals surface area contributed by atoms with Crippen LogP contribution >= 0.6 is 0 Å². The van der Waals surface area contributed by atoms with Crippen molar-refractivity contribution in [3.63, 3.8) is 0 Å². The van der Waals surface area contributed by atoms with Crippen molar-refractivity contribution in [2.24, 2.45) is 17.8 Å². The van der Waals surface area contributed by atoms with Gasteiger partial charge in [0.2, 0.25) is 11.8 Å². The summed E-state index contributed by atoms with van der Waals surface area (Å²) in [5.41, 5.74) is 2.16. The Labute approximate surface area is 138 Å². The fourth-order valence-electron chi connectivity index (χ4n) is 2.83. The van der Waals surface area contributed by atoms with Crippen LogP contribution in [0.4, 0.5) is 0 Å². The van der Waals surface area contributed by atoms with Crippen LogP contribution in [0.25, 0.3) is 0 Å². The molecule has 1 aromatic rings. The average Bonchev–Trinajstić information content (AvgIpc) is 2.72. The van der Waals surface area contributed by atoms with Crippen LogP contribution in [0.1, 0.15) is 32.2 Å². The molecule has 6 heteroatoms. The van der Waals surface area contributed by atoms with Gasteiger partial charge in [0.05, 0.1) is 11.6 Å². The van der Waals surface area contributed by atoms with Gasteiger partial charge in [0.1, 0.15) is 0 Å². The molecule has 1 atom stereocenters. The average molecular weight is 320 g/mol. The number of aryl methyl sites for hydroxylation is 2. The van der Waals surface area contributed by atoms with Crippen molar-refractivity contribution in [1.82, 2.24) is 20.0 Å². The van der Waals surface area contributed by atoms with Crippen LogP contribution in [0.5, 0.6) is 0 Å². The molecule has 6 nitrogen and oxygen atoms in total. The first-order valence-electron chi connectivity index (χ1n) is 8.35. The summed E-state index contributed by atoms with van der Waals surface area (Å²) in [7, 11) is 0. The highest BCUT2D eigenvalue weighted by Crippen LogP contribution is 2.18. The summed E-state index contributed by atoms with van der Waals surface area (Å²) in [6, 6.07) is 2.06. The van der Waals surface area contributed by atoms with Crippen molar-refractivity contribution in [3.05, 3.63) is 17.5 Å². The molecule has 1 N–H and O–H groups in total. The standard InChI is InChI=1S/C17H28N4O2/c1-11(2)17(23)20-9-15(10-20)16(22)18-7-12(3)8-21-14(5)6-13(4)19-21/h6,11-12,15H,7-10H2,1-5H3,(H,18,22)/t12-/m0/s1. The second-order valence-electron chi connectivity index (χ2n) is 7.05. The molecular weight excluding hydrogens is 292 g/mol. The lowest BCUT2D eigenvalue weighted by Gasteiger charge is -2.39. The molecule has 1 aliphatic rings. The van der Waals surface area contributed by atoms with Crippen molar-refractivity contribution in [3.8, 4) is 0 Å². The molecule has 1 aliphatic heterocycles. The molecule has 128 valence electrons. The first-order chi connectivity index (χ1) is 10.8. The van der Waals surface area contributed by atoms with Crippen LogP contribution in [0.2, 0.25) is 0 Å². The number of hydrogen-bond donors (Lipinski definition) is 1. The Morgan fingerprint density at radius 1 is 1.30 bits per heavy atom. The maximum Gasteiger partial charge on any atom is 0.226 e. The predicted molar refractivity (Wildman–Crippen MR) is 88.8 cm³/mol. The predicted octanol–water partition coefficient (Wildman–Crippen LogP) is 1.37. The van der Waals surface area contributed by atoms with Crippen LogP contribution in [-0.2, 0) is 16.1 Å². The van der Waals surface area contributed by atoms with Crippen LogP contribution in [0, 0.1) is 31.6 Å². The number of rotatable bonds is 6. The molecule has 0 unspecified atom stereocenters. The first-order valence-corrected chi connectivity index (χ1v) is 8.35. The number of aromatic nitrogens is 2. The fraction of sp³-hybridized carbons (Fsp3) is 0.706. The van der Waals surface area contributed by atoms with Gasteiger partial charge in [0.25, 0.3) is 0 Å². The Morgan fingerprint density at radius 3 is 2.48 bits per heavy atom. The Balaban J connectivity index is 1.71. The van der Waals surface area contributed by atoms with Gasteiger partial charge in [-0.3, -0.25) is 14.3 Å². The zero-order valence-electron chi connectivity index (χ0n) is 14.8. The van der Waals surface area contributed by atoms with Gasteiger partial charge in [0.15, 0.2) is 0 Å². The summed E-state index contributed by atoms with van der Waals surface area (Å²) in [6.45, 7) is 12.4. The number of likely N-dealkylation sites (tertiary alicyclic amines) is 1. The minimum Gasteiger partial charge on any atom is -0.355 e. The Hall–Kier alpha value is -1.85. The van der Waals surface area contributed by atoms with Crippen LogP contribution in [0.3, 0.4) is 0 Å². The second-order valence-corrected chi connectivity index (χ2v) is 7.05. The van der Waals surface area contributed by atoms with Gasteiger partial charge < -0.3 is 10.2 Å². The third-order valence-electron chi connectivity index (χ3n) is 4.27. The molecule has 23 heavy (non-hydrogen) atoms. The number of nitrogens with zero attached hydrogens (tertiary/aromatic N) is 3. The molecule has 0 radical (unpaired) electrons. The van der Waals surface area contributed by atoms with E-state index in [9.17, 15) is 9.59 Å². The monoisotopic (exact) mass is 320 g/mol. The van der Waals surface area contributed by atoms with E-state index in [2.05, 4.69) is 23.4 Å². The smallest absolute Gasteiger partial charge is 0.226 e. The number of nitrogens with one attached hydrogen (secondary N) is 1. The van der Waals surface area contributed by atoms with E-state index in [0.717, 1.165) is 17.9 Å². The number of carbonyl (C=O) groups is 2.